The van der Waals surface area contributed by atoms with Crippen LogP contribution in [0.5, 0.6) is 5.75 Å². The molecule has 0 unspecified atom stereocenters. The highest BCUT2D eigenvalue weighted by molar-refractivity contribution is 7.88. The van der Waals surface area contributed by atoms with Crippen LogP contribution >= 0.6 is 0 Å². The number of hydrogen-bond donors (Lipinski definition) is 2. The Morgan fingerprint density at radius 3 is 2.47 bits per heavy atom. The summed E-state index contributed by atoms with van der Waals surface area (Å²) in [4.78, 5) is 13.0. The van der Waals surface area contributed by atoms with Crippen molar-refractivity contribution in [3.8, 4) is 17.0 Å². The van der Waals surface area contributed by atoms with E-state index in [0.29, 0.717) is 25.5 Å². The van der Waals surface area contributed by atoms with Crippen LogP contribution in [0.15, 0.2) is 85.3 Å². The summed E-state index contributed by atoms with van der Waals surface area (Å²) in [5, 5.41) is 12.6. The van der Waals surface area contributed by atoms with Crippen LogP contribution in [0.3, 0.4) is 0 Å². The van der Waals surface area contributed by atoms with Crippen molar-refractivity contribution in [2.75, 3.05) is 24.7 Å². The Balaban J connectivity index is 1.42. The fourth-order valence-corrected chi connectivity index (χ4v) is 4.59. The Hall–Kier alpha value is -3.82. The van der Waals surface area contributed by atoms with Gasteiger partial charge in [-0.05, 0) is 59.9 Å². The van der Waals surface area contributed by atoms with E-state index >= 15 is 0 Å². The summed E-state index contributed by atoms with van der Waals surface area (Å²) in [6, 6.07) is 20.5. The minimum absolute atomic E-state index is 0.248. The Bertz CT molecular complexity index is 1380. The molecule has 0 aliphatic rings. The summed E-state index contributed by atoms with van der Waals surface area (Å²) in [6.07, 6.45) is 7.75. The summed E-state index contributed by atoms with van der Waals surface area (Å²) < 4.78 is 26.4. The molecule has 0 saturated carbocycles. The van der Waals surface area contributed by atoms with E-state index in [1.165, 1.54) is 10.6 Å². The van der Waals surface area contributed by atoms with Crippen LogP contribution in [0.4, 0.5) is 5.95 Å². The molecule has 2 aromatic heterocycles. The minimum Gasteiger partial charge on any atom is -0.508 e. The van der Waals surface area contributed by atoms with Gasteiger partial charge in [-0.25, -0.2) is 18.4 Å². The fraction of sp³-hybridized carbons (Fsp3) is 0.222. The number of hydrogen-bond acceptors (Lipinski definition) is 7. The van der Waals surface area contributed by atoms with E-state index in [2.05, 4.69) is 20.3 Å². The summed E-state index contributed by atoms with van der Waals surface area (Å²) in [5.41, 5.74) is 4.61. The largest absolute Gasteiger partial charge is 0.508 e. The Morgan fingerprint density at radius 1 is 0.917 bits per heavy atom. The molecule has 0 fully saturated rings. The first-order valence-electron chi connectivity index (χ1n) is 11.6. The highest BCUT2D eigenvalue weighted by Gasteiger charge is 2.17. The molecule has 0 bridgehead atoms. The van der Waals surface area contributed by atoms with Crippen LogP contribution in [0.2, 0.25) is 0 Å². The number of phenolic OH excluding ortho intramolecular Hbond substituents is 1. The van der Waals surface area contributed by atoms with Crippen molar-refractivity contribution in [1.82, 2.24) is 19.3 Å². The predicted molar refractivity (Wildman–Crippen MR) is 141 cm³/mol. The molecule has 0 aliphatic heterocycles. The van der Waals surface area contributed by atoms with Crippen LogP contribution in [0, 0.1) is 0 Å². The monoisotopic (exact) mass is 503 g/mol. The van der Waals surface area contributed by atoms with Crippen LogP contribution in [-0.2, 0) is 29.4 Å². The molecule has 4 rings (SSSR count). The number of pyridine rings is 1. The number of nitrogens with zero attached hydrogens (tertiary/aromatic N) is 4. The van der Waals surface area contributed by atoms with E-state index in [1.807, 2.05) is 54.6 Å². The zero-order valence-corrected chi connectivity index (χ0v) is 20.9. The summed E-state index contributed by atoms with van der Waals surface area (Å²) in [6.45, 7) is 1.29. The molecule has 0 aliphatic carbocycles. The van der Waals surface area contributed by atoms with Crippen LogP contribution < -0.4 is 5.32 Å². The Labute approximate surface area is 211 Å². The lowest BCUT2D eigenvalue weighted by atomic mass is 10.1. The molecule has 0 radical (unpaired) electrons. The third kappa shape index (κ3) is 7.34. The maximum Gasteiger partial charge on any atom is 0.223 e. The van der Waals surface area contributed by atoms with E-state index in [0.717, 1.165) is 34.4 Å². The molecule has 0 atom stereocenters. The van der Waals surface area contributed by atoms with Gasteiger partial charge < -0.3 is 10.4 Å². The average molecular weight is 504 g/mol. The van der Waals surface area contributed by atoms with Gasteiger partial charge >= 0.3 is 0 Å². The molecule has 2 heterocycles. The molecule has 2 N–H and O–H groups in total. The molecule has 0 amide bonds. The van der Waals surface area contributed by atoms with Crippen molar-refractivity contribution in [3.05, 3.63) is 102 Å². The van der Waals surface area contributed by atoms with Gasteiger partial charge in [-0.1, -0.05) is 36.4 Å². The fourth-order valence-electron chi connectivity index (χ4n) is 3.78. The van der Waals surface area contributed by atoms with Crippen molar-refractivity contribution in [3.63, 3.8) is 0 Å². The molecule has 186 valence electrons. The van der Waals surface area contributed by atoms with Gasteiger partial charge in [0.1, 0.15) is 5.75 Å². The van der Waals surface area contributed by atoms with Gasteiger partial charge in [-0.15, -0.1) is 0 Å². The highest BCUT2D eigenvalue weighted by atomic mass is 32.2. The number of phenols is 1. The maximum absolute atomic E-state index is 12.4. The smallest absolute Gasteiger partial charge is 0.223 e. The zero-order chi connectivity index (χ0) is 25.4. The van der Waals surface area contributed by atoms with E-state index in [-0.39, 0.29) is 12.3 Å². The number of aromatic hydroxyl groups is 1. The number of anilines is 1. The number of rotatable bonds is 11. The van der Waals surface area contributed by atoms with Gasteiger partial charge in [0.25, 0.3) is 0 Å². The van der Waals surface area contributed by atoms with Crippen molar-refractivity contribution >= 4 is 16.0 Å². The number of sulfonamides is 1. The second kappa shape index (κ2) is 11.7. The van der Waals surface area contributed by atoms with Crippen molar-refractivity contribution in [2.24, 2.45) is 0 Å². The van der Waals surface area contributed by atoms with Crippen molar-refractivity contribution in [2.45, 2.75) is 19.4 Å². The lowest BCUT2D eigenvalue weighted by molar-refractivity contribution is 0.413. The first-order valence-corrected chi connectivity index (χ1v) is 13.5. The average Bonchev–Trinajstić information content (AvgIpc) is 2.88. The first-order chi connectivity index (χ1) is 17.4. The highest BCUT2D eigenvalue weighted by Crippen LogP contribution is 2.21. The van der Waals surface area contributed by atoms with Gasteiger partial charge in [0.2, 0.25) is 16.0 Å². The third-order valence-electron chi connectivity index (χ3n) is 5.71. The Morgan fingerprint density at radius 2 is 1.72 bits per heavy atom. The molecule has 4 aromatic rings. The van der Waals surface area contributed by atoms with E-state index in [1.54, 1.807) is 30.7 Å². The normalized spacial score (nSPS) is 11.5. The maximum atomic E-state index is 12.4. The van der Waals surface area contributed by atoms with Gasteiger partial charge in [0.05, 0.1) is 11.9 Å². The molecule has 0 saturated heterocycles. The topological polar surface area (TPSA) is 108 Å². The van der Waals surface area contributed by atoms with Gasteiger partial charge in [-0.2, -0.15) is 4.31 Å². The molecule has 0 spiro atoms. The standard InChI is InChI=1S/C27H29N5O3S/c1-36(34,35)32(17-13-22-5-3-14-28-19-22)20-23-4-2-6-24(18-23)26-12-16-30-27(31-26)29-15-11-21-7-9-25(33)10-8-21/h2-10,12,14,16,18-19,33H,11,13,15,17,20H2,1H3,(H,29,30,31). The third-order valence-corrected chi connectivity index (χ3v) is 6.96. The van der Waals surface area contributed by atoms with Crippen LogP contribution in [0.25, 0.3) is 11.3 Å². The van der Waals surface area contributed by atoms with Gasteiger partial charge in [-0.3, -0.25) is 4.98 Å². The number of nitrogens with one attached hydrogen (secondary N) is 1. The van der Waals surface area contributed by atoms with Crippen molar-refractivity contribution < 1.29 is 13.5 Å². The van der Waals surface area contributed by atoms with Gasteiger partial charge in [0, 0.05) is 43.8 Å². The number of benzene rings is 2. The SMILES string of the molecule is CS(=O)(=O)N(CCc1cccnc1)Cc1cccc(-c2ccnc(NCCc3ccc(O)cc3)n2)c1. The Kier molecular flexibility index (Phi) is 8.24. The summed E-state index contributed by atoms with van der Waals surface area (Å²) in [5.74, 6) is 0.768. The molecular weight excluding hydrogens is 474 g/mol. The first kappa shape index (κ1) is 25.3. The lowest BCUT2D eigenvalue weighted by Crippen LogP contribution is -2.31. The molecule has 2 aromatic carbocycles. The van der Waals surface area contributed by atoms with E-state index in [9.17, 15) is 13.5 Å². The quantitative estimate of drug-likeness (QED) is 0.320. The van der Waals surface area contributed by atoms with Crippen LogP contribution in [-0.4, -0.2) is 52.1 Å². The summed E-state index contributed by atoms with van der Waals surface area (Å²) in [7, 11) is -3.39. The molecule has 9 heteroatoms. The molecule has 36 heavy (non-hydrogen) atoms. The minimum atomic E-state index is -3.39. The lowest BCUT2D eigenvalue weighted by Gasteiger charge is -2.20. The number of aromatic nitrogens is 3. The van der Waals surface area contributed by atoms with E-state index in [4.69, 9.17) is 0 Å². The zero-order valence-electron chi connectivity index (χ0n) is 20.1. The van der Waals surface area contributed by atoms with Crippen molar-refractivity contribution in [1.29, 1.82) is 0 Å². The second-order valence-corrected chi connectivity index (χ2v) is 10.5. The molecular formula is C27H29N5O3S. The van der Waals surface area contributed by atoms with Crippen LogP contribution in [0.1, 0.15) is 16.7 Å². The predicted octanol–water partition coefficient (Wildman–Crippen LogP) is 3.90. The van der Waals surface area contributed by atoms with E-state index < -0.39 is 10.0 Å². The summed E-state index contributed by atoms with van der Waals surface area (Å²) >= 11 is 0. The molecule has 8 nitrogen and oxygen atoms in total. The second-order valence-electron chi connectivity index (χ2n) is 8.52. The van der Waals surface area contributed by atoms with Gasteiger partial charge in [0.15, 0.2) is 0 Å².